The van der Waals surface area contributed by atoms with Crippen molar-refractivity contribution < 1.29 is 19.6 Å². The van der Waals surface area contributed by atoms with Crippen LogP contribution >= 0.6 is 0 Å². The number of hydrogen-bond donors (Lipinski definition) is 2. The highest BCUT2D eigenvalue weighted by Gasteiger charge is 2.40. The Labute approximate surface area is 136 Å². The molecular formula is C16H13N3O5. The maximum Gasteiger partial charge on any atom is 0.292 e. The van der Waals surface area contributed by atoms with E-state index in [1.807, 2.05) is 0 Å². The minimum Gasteiger partial charge on any atom is -0.508 e. The summed E-state index contributed by atoms with van der Waals surface area (Å²) >= 11 is 0. The van der Waals surface area contributed by atoms with Crippen LogP contribution in [0.4, 0.5) is 17.1 Å². The van der Waals surface area contributed by atoms with Crippen molar-refractivity contribution in [2.75, 3.05) is 10.2 Å². The van der Waals surface area contributed by atoms with Gasteiger partial charge in [0.2, 0.25) is 5.91 Å². The molecule has 0 aromatic heterocycles. The molecule has 8 nitrogen and oxygen atoms in total. The van der Waals surface area contributed by atoms with Crippen LogP contribution < -0.4 is 10.2 Å². The van der Waals surface area contributed by atoms with Gasteiger partial charge in [0, 0.05) is 6.07 Å². The normalized spacial score (nSPS) is 17.2. The number of rotatable bonds is 4. The number of anilines is 2. The minimum atomic E-state index is -0.882. The van der Waals surface area contributed by atoms with E-state index in [1.54, 1.807) is 6.07 Å². The Hall–Kier alpha value is -3.42. The van der Waals surface area contributed by atoms with Gasteiger partial charge in [-0.15, -0.1) is 0 Å². The molecule has 1 atom stereocenters. The number of carbonyl (C=O) groups excluding carboxylic acids is 2. The molecule has 122 valence electrons. The van der Waals surface area contributed by atoms with Crippen molar-refractivity contribution in [1.82, 2.24) is 0 Å². The fraction of sp³-hybridized carbons (Fsp3) is 0.125. The van der Waals surface area contributed by atoms with Crippen LogP contribution in [-0.2, 0) is 9.59 Å². The van der Waals surface area contributed by atoms with Gasteiger partial charge in [-0.3, -0.25) is 19.7 Å². The Balaban J connectivity index is 1.85. The van der Waals surface area contributed by atoms with Gasteiger partial charge < -0.3 is 10.4 Å². The van der Waals surface area contributed by atoms with Gasteiger partial charge in [0.25, 0.3) is 11.6 Å². The average Bonchev–Trinajstić information content (AvgIpc) is 2.83. The average molecular weight is 327 g/mol. The van der Waals surface area contributed by atoms with Gasteiger partial charge in [0.05, 0.1) is 17.0 Å². The van der Waals surface area contributed by atoms with Crippen molar-refractivity contribution in [3.8, 4) is 5.75 Å². The van der Waals surface area contributed by atoms with E-state index < -0.39 is 22.8 Å². The zero-order valence-electron chi connectivity index (χ0n) is 12.4. The van der Waals surface area contributed by atoms with Crippen LogP contribution in [0, 0.1) is 10.1 Å². The van der Waals surface area contributed by atoms with E-state index in [4.69, 9.17) is 0 Å². The number of carbonyl (C=O) groups is 2. The van der Waals surface area contributed by atoms with Gasteiger partial charge in [-0.1, -0.05) is 12.1 Å². The van der Waals surface area contributed by atoms with Gasteiger partial charge in [-0.2, -0.15) is 0 Å². The quantitative estimate of drug-likeness (QED) is 0.505. The molecule has 2 aromatic rings. The molecule has 0 radical (unpaired) electrons. The molecule has 8 heteroatoms. The number of benzene rings is 2. The van der Waals surface area contributed by atoms with Crippen molar-refractivity contribution >= 4 is 28.9 Å². The smallest absolute Gasteiger partial charge is 0.292 e. The second kappa shape index (κ2) is 5.99. The van der Waals surface area contributed by atoms with Crippen LogP contribution in [-0.4, -0.2) is 27.9 Å². The van der Waals surface area contributed by atoms with Crippen LogP contribution in [0.3, 0.4) is 0 Å². The summed E-state index contributed by atoms with van der Waals surface area (Å²) < 4.78 is 0. The minimum absolute atomic E-state index is 0.0208. The zero-order chi connectivity index (χ0) is 17.3. The number of nitro benzene ring substituents is 1. The van der Waals surface area contributed by atoms with Gasteiger partial charge in [-0.05, 0) is 30.3 Å². The van der Waals surface area contributed by atoms with Crippen LogP contribution in [0.1, 0.15) is 6.42 Å². The number of nitrogens with one attached hydrogen (secondary N) is 1. The summed E-state index contributed by atoms with van der Waals surface area (Å²) in [5, 5.41) is 23.1. The van der Waals surface area contributed by atoms with E-state index in [1.165, 1.54) is 42.5 Å². The van der Waals surface area contributed by atoms with E-state index in [2.05, 4.69) is 5.32 Å². The topological polar surface area (TPSA) is 113 Å². The lowest BCUT2D eigenvalue weighted by atomic mass is 10.2. The number of para-hydroxylation sites is 2. The second-order valence-corrected chi connectivity index (χ2v) is 5.26. The highest BCUT2D eigenvalue weighted by Crippen LogP contribution is 2.29. The third kappa shape index (κ3) is 2.76. The molecule has 24 heavy (non-hydrogen) atoms. The van der Waals surface area contributed by atoms with Crippen molar-refractivity contribution in [3.63, 3.8) is 0 Å². The first kappa shape index (κ1) is 15.5. The van der Waals surface area contributed by atoms with Crippen molar-refractivity contribution in [2.24, 2.45) is 0 Å². The summed E-state index contributed by atoms with van der Waals surface area (Å²) in [6, 6.07) is 10.7. The van der Waals surface area contributed by atoms with Gasteiger partial charge >= 0.3 is 0 Å². The van der Waals surface area contributed by atoms with Gasteiger partial charge in [-0.25, -0.2) is 4.90 Å². The number of phenols is 1. The fourth-order valence-electron chi connectivity index (χ4n) is 2.56. The number of hydrogen-bond acceptors (Lipinski definition) is 6. The molecule has 0 aliphatic carbocycles. The van der Waals surface area contributed by atoms with E-state index in [9.17, 15) is 24.8 Å². The van der Waals surface area contributed by atoms with E-state index in [0.717, 1.165) is 4.90 Å². The number of amides is 2. The SMILES string of the molecule is O=C1CC(Nc2ccccc2[N+](=O)[O-])C(=O)N1c1ccc(O)cc1. The number of imide groups is 1. The Bertz CT molecular complexity index is 819. The first-order chi connectivity index (χ1) is 11.5. The highest BCUT2D eigenvalue weighted by atomic mass is 16.6. The number of aromatic hydroxyl groups is 1. The number of nitrogens with zero attached hydrogens (tertiary/aromatic N) is 2. The summed E-state index contributed by atoms with van der Waals surface area (Å²) in [4.78, 5) is 36.1. The summed E-state index contributed by atoms with van der Waals surface area (Å²) in [5.41, 5.74) is 0.358. The molecule has 1 aliphatic rings. The Morgan fingerprint density at radius 3 is 2.46 bits per heavy atom. The summed E-state index contributed by atoms with van der Waals surface area (Å²) in [6.45, 7) is 0. The van der Waals surface area contributed by atoms with Crippen LogP contribution in [0.15, 0.2) is 48.5 Å². The molecule has 1 saturated heterocycles. The monoisotopic (exact) mass is 327 g/mol. The molecule has 0 bridgehead atoms. The zero-order valence-corrected chi connectivity index (χ0v) is 12.4. The third-order valence-corrected chi connectivity index (χ3v) is 3.69. The van der Waals surface area contributed by atoms with E-state index in [0.29, 0.717) is 5.69 Å². The molecule has 1 aliphatic heterocycles. The van der Waals surface area contributed by atoms with Crippen LogP contribution in [0.5, 0.6) is 5.75 Å². The molecule has 1 heterocycles. The van der Waals surface area contributed by atoms with Crippen molar-refractivity contribution in [2.45, 2.75) is 12.5 Å². The largest absolute Gasteiger partial charge is 0.508 e. The number of phenolic OH excluding ortho intramolecular Hbond substituents is 1. The molecule has 2 amide bonds. The van der Waals surface area contributed by atoms with E-state index >= 15 is 0 Å². The predicted octanol–water partition coefficient (Wildman–Crippen LogP) is 2.04. The molecule has 1 unspecified atom stereocenters. The lowest BCUT2D eigenvalue weighted by Crippen LogP contribution is -2.34. The number of nitro groups is 1. The standard InChI is InChI=1S/C16H13N3O5/c20-11-7-5-10(6-8-11)18-15(21)9-13(16(18)22)17-12-3-1-2-4-14(12)19(23)24/h1-8,13,17,20H,9H2. The van der Waals surface area contributed by atoms with Crippen molar-refractivity contribution in [3.05, 3.63) is 58.6 Å². The molecule has 2 aromatic carbocycles. The lowest BCUT2D eigenvalue weighted by Gasteiger charge is -2.16. The second-order valence-electron chi connectivity index (χ2n) is 5.26. The third-order valence-electron chi connectivity index (χ3n) is 3.69. The van der Waals surface area contributed by atoms with Crippen LogP contribution in [0.25, 0.3) is 0 Å². The summed E-state index contributed by atoms with van der Waals surface area (Å²) in [6.07, 6.45) is -0.105. The molecule has 2 N–H and O–H groups in total. The maximum atomic E-state index is 12.5. The van der Waals surface area contributed by atoms with Crippen molar-refractivity contribution in [1.29, 1.82) is 0 Å². The summed E-state index contributed by atoms with van der Waals surface area (Å²) in [5.74, 6) is -0.891. The summed E-state index contributed by atoms with van der Waals surface area (Å²) in [7, 11) is 0. The Morgan fingerprint density at radius 1 is 1.12 bits per heavy atom. The first-order valence-electron chi connectivity index (χ1n) is 7.13. The maximum absolute atomic E-state index is 12.5. The highest BCUT2D eigenvalue weighted by molar-refractivity contribution is 6.23. The fourth-order valence-corrected chi connectivity index (χ4v) is 2.56. The van der Waals surface area contributed by atoms with Gasteiger partial charge in [0.15, 0.2) is 0 Å². The van der Waals surface area contributed by atoms with Crippen LogP contribution in [0.2, 0.25) is 0 Å². The van der Waals surface area contributed by atoms with Gasteiger partial charge in [0.1, 0.15) is 17.5 Å². The molecule has 0 spiro atoms. The first-order valence-corrected chi connectivity index (χ1v) is 7.13. The molecule has 0 saturated carbocycles. The lowest BCUT2D eigenvalue weighted by molar-refractivity contribution is -0.384. The predicted molar refractivity (Wildman–Crippen MR) is 85.7 cm³/mol. The molecule has 3 rings (SSSR count). The molecular weight excluding hydrogens is 314 g/mol. The Kier molecular flexibility index (Phi) is 3.87. The van der Waals surface area contributed by atoms with E-state index in [-0.39, 0.29) is 23.5 Å². The molecule has 1 fully saturated rings. The Morgan fingerprint density at radius 2 is 1.79 bits per heavy atom.